The lowest BCUT2D eigenvalue weighted by Gasteiger charge is -2.16. The van der Waals surface area contributed by atoms with Crippen LogP contribution in [0.1, 0.15) is 44.2 Å². The quantitative estimate of drug-likeness (QED) is 0.804. The van der Waals surface area contributed by atoms with E-state index in [0.717, 1.165) is 17.5 Å². The molecule has 0 amide bonds. The van der Waals surface area contributed by atoms with E-state index in [9.17, 15) is 9.90 Å². The van der Waals surface area contributed by atoms with Gasteiger partial charge < -0.3 is 9.63 Å². The van der Waals surface area contributed by atoms with Crippen molar-refractivity contribution in [2.45, 2.75) is 45.7 Å². The minimum absolute atomic E-state index is 0. The predicted molar refractivity (Wildman–Crippen MR) is 89.6 cm³/mol. The molecule has 0 fully saturated rings. The Bertz CT molecular complexity index is 645. The highest BCUT2D eigenvalue weighted by molar-refractivity contribution is 5.85. The zero-order valence-corrected chi connectivity index (χ0v) is 14.3. The smallest absolute Gasteiger partial charge is 0.320 e. The van der Waals surface area contributed by atoms with Gasteiger partial charge in [-0.15, -0.1) is 12.4 Å². The van der Waals surface area contributed by atoms with Gasteiger partial charge >= 0.3 is 5.97 Å². The lowest BCUT2D eigenvalue weighted by Crippen LogP contribution is -2.38. The number of halogens is 1. The van der Waals surface area contributed by atoms with E-state index in [0.29, 0.717) is 18.1 Å². The Morgan fingerprint density at radius 3 is 2.70 bits per heavy atom. The van der Waals surface area contributed by atoms with Gasteiger partial charge in [0.1, 0.15) is 6.04 Å². The summed E-state index contributed by atoms with van der Waals surface area (Å²) in [6.45, 7) is 5.75. The van der Waals surface area contributed by atoms with Crippen LogP contribution in [0.3, 0.4) is 0 Å². The van der Waals surface area contributed by atoms with Crippen LogP contribution < -0.4 is 5.32 Å². The van der Waals surface area contributed by atoms with Gasteiger partial charge in [0.25, 0.3) is 0 Å². The molecule has 2 unspecified atom stereocenters. The third-order valence-corrected chi connectivity index (χ3v) is 3.52. The molecule has 2 rings (SSSR count). The van der Waals surface area contributed by atoms with Crippen molar-refractivity contribution in [3.63, 3.8) is 0 Å². The summed E-state index contributed by atoms with van der Waals surface area (Å²) in [4.78, 5) is 15.6. The number of benzene rings is 1. The average molecular weight is 340 g/mol. The first-order chi connectivity index (χ1) is 10.5. The van der Waals surface area contributed by atoms with E-state index < -0.39 is 12.0 Å². The molecule has 126 valence electrons. The minimum Gasteiger partial charge on any atom is -0.480 e. The number of aliphatic carboxylic acids is 1. The fraction of sp³-hybridized carbons (Fsp3) is 0.438. The Morgan fingerprint density at radius 1 is 1.39 bits per heavy atom. The van der Waals surface area contributed by atoms with Crippen molar-refractivity contribution in [2.75, 3.05) is 0 Å². The molecule has 0 aliphatic carbocycles. The highest BCUT2D eigenvalue weighted by Crippen LogP contribution is 2.22. The Morgan fingerprint density at radius 2 is 2.09 bits per heavy atom. The van der Waals surface area contributed by atoms with Gasteiger partial charge in [-0.1, -0.05) is 42.8 Å². The topological polar surface area (TPSA) is 88.3 Å². The van der Waals surface area contributed by atoms with E-state index in [1.165, 1.54) is 0 Å². The summed E-state index contributed by atoms with van der Waals surface area (Å²) in [6.07, 6.45) is 1.34. The molecule has 2 aromatic rings. The van der Waals surface area contributed by atoms with Crippen LogP contribution in [-0.4, -0.2) is 27.3 Å². The molecule has 1 aromatic carbocycles. The van der Waals surface area contributed by atoms with Crippen LogP contribution in [0.5, 0.6) is 0 Å². The second-order valence-electron chi connectivity index (χ2n) is 5.34. The van der Waals surface area contributed by atoms with Crippen LogP contribution in [0.4, 0.5) is 0 Å². The van der Waals surface area contributed by atoms with Gasteiger partial charge in [-0.2, -0.15) is 4.98 Å². The molecule has 0 saturated heterocycles. The number of hydrogen-bond acceptors (Lipinski definition) is 5. The molecule has 0 bridgehead atoms. The average Bonchev–Trinajstić information content (AvgIpc) is 2.96. The van der Waals surface area contributed by atoms with Crippen LogP contribution in [0, 0.1) is 6.92 Å². The third kappa shape index (κ3) is 4.77. The largest absolute Gasteiger partial charge is 0.480 e. The van der Waals surface area contributed by atoms with Gasteiger partial charge in [0.15, 0.2) is 0 Å². The molecule has 7 heteroatoms. The summed E-state index contributed by atoms with van der Waals surface area (Å²) in [5, 5.41) is 16.2. The van der Waals surface area contributed by atoms with Crippen LogP contribution in [0.2, 0.25) is 0 Å². The van der Waals surface area contributed by atoms with E-state index in [1.807, 2.05) is 45.0 Å². The number of rotatable bonds is 7. The molecule has 23 heavy (non-hydrogen) atoms. The zero-order chi connectivity index (χ0) is 16.1. The lowest BCUT2D eigenvalue weighted by molar-refractivity contribution is -0.139. The Hall–Kier alpha value is -1.92. The molecule has 0 aliphatic rings. The fourth-order valence-electron chi connectivity index (χ4n) is 2.28. The molecule has 1 aromatic heterocycles. The first-order valence-electron chi connectivity index (χ1n) is 7.41. The molecule has 6 nitrogen and oxygen atoms in total. The number of carbonyl (C=O) groups is 1. The number of aromatic nitrogens is 2. The molecule has 2 atom stereocenters. The van der Waals surface area contributed by atoms with E-state index in [4.69, 9.17) is 4.52 Å². The molecule has 0 saturated carbocycles. The van der Waals surface area contributed by atoms with Crippen molar-refractivity contribution >= 4 is 18.4 Å². The van der Waals surface area contributed by atoms with Crippen molar-refractivity contribution in [3.8, 4) is 11.4 Å². The minimum atomic E-state index is -0.868. The molecular weight excluding hydrogens is 318 g/mol. The van der Waals surface area contributed by atoms with Crippen LogP contribution in [0.15, 0.2) is 28.8 Å². The highest BCUT2D eigenvalue weighted by atomic mass is 35.5. The maximum Gasteiger partial charge on any atom is 0.320 e. The van der Waals surface area contributed by atoms with E-state index in [1.54, 1.807) is 0 Å². The number of aryl methyl sites for hydroxylation is 1. The molecule has 0 aliphatic heterocycles. The van der Waals surface area contributed by atoms with Crippen molar-refractivity contribution in [1.82, 2.24) is 15.5 Å². The Labute approximate surface area is 141 Å². The van der Waals surface area contributed by atoms with Crippen LogP contribution in [0.25, 0.3) is 11.4 Å². The number of hydrogen-bond donors (Lipinski definition) is 2. The summed E-state index contributed by atoms with van der Waals surface area (Å²) in [6, 6.07) is 6.84. The monoisotopic (exact) mass is 339 g/mol. The second kappa shape index (κ2) is 8.64. The van der Waals surface area contributed by atoms with Crippen molar-refractivity contribution in [3.05, 3.63) is 35.7 Å². The van der Waals surface area contributed by atoms with Crippen molar-refractivity contribution in [2.24, 2.45) is 0 Å². The Kier molecular flexibility index (Phi) is 7.19. The predicted octanol–water partition coefficient (Wildman–Crippen LogP) is 3.37. The summed E-state index contributed by atoms with van der Waals surface area (Å²) in [5.41, 5.74) is 1.97. The van der Waals surface area contributed by atoms with Gasteiger partial charge in [-0.3, -0.25) is 10.1 Å². The molecule has 2 N–H and O–H groups in total. The molecule has 1 heterocycles. The van der Waals surface area contributed by atoms with Crippen molar-refractivity contribution < 1.29 is 14.4 Å². The number of carboxylic acid groups (broad SMARTS) is 1. The highest BCUT2D eigenvalue weighted by Gasteiger charge is 2.23. The number of carboxylic acids is 1. The van der Waals surface area contributed by atoms with Crippen LogP contribution >= 0.6 is 12.4 Å². The summed E-state index contributed by atoms with van der Waals surface area (Å²) >= 11 is 0. The fourth-order valence-corrected chi connectivity index (χ4v) is 2.28. The molecule has 0 spiro atoms. The number of nitrogens with one attached hydrogen (secondary N) is 1. The van der Waals surface area contributed by atoms with E-state index >= 15 is 0 Å². The molecule has 0 radical (unpaired) electrons. The summed E-state index contributed by atoms with van der Waals surface area (Å²) in [5.74, 6) is 0.0389. The van der Waals surface area contributed by atoms with Gasteiger partial charge in [0, 0.05) is 5.56 Å². The molecular formula is C16H22ClN3O3. The normalized spacial score (nSPS) is 13.2. The Balaban J connectivity index is 0.00000264. The van der Waals surface area contributed by atoms with Gasteiger partial charge in [-0.05, 0) is 25.8 Å². The van der Waals surface area contributed by atoms with Gasteiger partial charge in [0.05, 0.1) is 6.04 Å². The van der Waals surface area contributed by atoms with E-state index in [-0.39, 0.29) is 18.4 Å². The summed E-state index contributed by atoms with van der Waals surface area (Å²) in [7, 11) is 0. The first kappa shape index (κ1) is 19.1. The van der Waals surface area contributed by atoms with Gasteiger partial charge in [0.2, 0.25) is 11.7 Å². The van der Waals surface area contributed by atoms with E-state index in [2.05, 4.69) is 15.5 Å². The SMILES string of the molecule is CCCC(NC(C)c1nc(-c2ccccc2C)no1)C(=O)O.Cl. The summed E-state index contributed by atoms with van der Waals surface area (Å²) < 4.78 is 5.28. The lowest BCUT2D eigenvalue weighted by atomic mass is 10.1. The standard InChI is InChI=1S/C16H21N3O3.ClH/c1-4-7-13(16(20)21)17-11(3)15-18-14(19-22-15)12-9-6-5-8-10(12)2;/h5-6,8-9,11,13,17H,4,7H2,1-3H3,(H,20,21);1H. The van der Waals surface area contributed by atoms with Crippen LogP contribution in [-0.2, 0) is 4.79 Å². The maximum absolute atomic E-state index is 11.2. The third-order valence-electron chi connectivity index (χ3n) is 3.52. The zero-order valence-electron chi connectivity index (χ0n) is 13.4. The maximum atomic E-state index is 11.2. The van der Waals surface area contributed by atoms with Crippen molar-refractivity contribution in [1.29, 1.82) is 0 Å². The second-order valence-corrected chi connectivity index (χ2v) is 5.34. The van der Waals surface area contributed by atoms with Gasteiger partial charge in [-0.25, -0.2) is 0 Å². The first-order valence-corrected chi connectivity index (χ1v) is 7.41. The number of nitrogens with zero attached hydrogens (tertiary/aromatic N) is 2.